The van der Waals surface area contributed by atoms with E-state index in [1.165, 1.54) is 0 Å². The molecule has 0 atom stereocenters. The zero-order valence-electron chi connectivity index (χ0n) is 13.7. The number of nitrogens with zero attached hydrogens (tertiary/aromatic N) is 3. The Hall–Kier alpha value is -1.86. The van der Waals surface area contributed by atoms with Crippen LogP contribution in [0.25, 0.3) is 0 Å². The van der Waals surface area contributed by atoms with Crippen molar-refractivity contribution in [3.8, 4) is 6.07 Å². The van der Waals surface area contributed by atoms with E-state index in [9.17, 15) is 4.79 Å². The number of hydrogen-bond donors (Lipinski definition) is 0. The molecule has 0 aromatic heterocycles. The fourth-order valence-corrected chi connectivity index (χ4v) is 2.66. The van der Waals surface area contributed by atoms with Crippen LogP contribution in [0.15, 0.2) is 24.3 Å². The smallest absolute Gasteiger partial charge is 0.237 e. The van der Waals surface area contributed by atoms with Crippen molar-refractivity contribution in [2.75, 3.05) is 20.1 Å². The molecule has 0 unspecified atom stereocenters. The molecule has 0 spiro atoms. The number of hydrogen-bond acceptors (Lipinski definition) is 3. The average Bonchev–Trinajstić information content (AvgIpc) is 3.29. The van der Waals surface area contributed by atoms with Crippen LogP contribution in [0.1, 0.15) is 37.8 Å². The van der Waals surface area contributed by atoms with Crippen molar-refractivity contribution >= 4 is 5.91 Å². The molecule has 0 N–H and O–H groups in total. The summed E-state index contributed by atoms with van der Waals surface area (Å²) in [6, 6.07) is 10.2. The second-order valence-corrected chi connectivity index (χ2v) is 6.66. The van der Waals surface area contributed by atoms with E-state index in [0.717, 1.165) is 24.9 Å². The maximum absolute atomic E-state index is 12.5. The van der Waals surface area contributed by atoms with Crippen LogP contribution in [-0.2, 0) is 11.3 Å². The van der Waals surface area contributed by atoms with E-state index >= 15 is 0 Å². The molecule has 2 rings (SSSR count). The Morgan fingerprint density at radius 1 is 1.41 bits per heavy atom. The fraction of sp³-hybridized carbons (Fsp3) is 0.556. The first-order valence-corrected chi connectivity index (χ1v) is 7.96. The molecule has 4 nitrogen and oxygen atoms in total. The van der Waals surface area contributed by atoms with Gasteiger partial charge in [-0.25, -0.2) is 0 Å². The minimum absolute atomic E-state index is 0.218. The summed E-state index contributed by atoms with van der Waals surface area (Å²) in [6.07, 6.45) is 2.29. The van der Waals surface area contributed by atoms with Crippen molar-refractivity contribution < 1.29 is 4.79 Å². The molecule has 0 saturated heterocycles. The van der Waals surface area contributed by atoms with Gasteiger partial charge in [-0.15, -0.1) is 0 Å². The van der Waals surface area contributed by atoms with Gasteiger partial charge in [-0.3, -0.25) is 9.69 Å². The quantitative estimate of drug-likeness (QED) is 0.777. The number of likely N-dealkylation sites (N-methyl/N-ethyl adjacent to an activating group) is 1. The van der Waals surface area contributed by atoms with Crippen LogP contribution in [0.5, 0.6) is 0 Å². The molecular weight excluding hydrogens is 274 g/mol. The summed E-state index contributed by atoms with van der Waals surface area (Å²) in [7, 11) is 1.96. The Bertz CT molecular complexity index is 558. The van der Waals surface area contributed by atoms with Gasteiger partial charge in [0.05, 0.1) is 18.2 Å². The molecule has 1 saturated carbocycles. The van der Waals surface area contributed by atoms with Gasteiger partial charge in [0.1, 0.15) is 0 Å². The van der Waals surface area contributed by atoms with Crippen molar-refractivity contribution in [2.24, 2.45) is 5.92 Å². The predicted molar refractivity (Wildman–Crippen MR) is 87.1 cm³/mol. The van der Waals surface area contributed by atoms with Crippen molar-refractivity contribution in [1.82, 2.24) is 9.80 Å². The van der Waals surface area contributed by atoms with Crippen LogP contribution < -0.4 is 0 Å². The van der Waals surface area contributed by atoms with Crippen LogP contribution in [0.2, 0.25) is 0 Å². The maximum Gasteiger partial charge on any atom is 0.237 e. The number of amides is 1. The average molecular weight is 299 g/mol. The molecule has 4 heteroatoms. The lowest BCUT2D eigenvalue weighted by molar-refractivity contribution is -0.133. The van der Waals surface area contributed by atoms with Gasteiger partial charge >= 0.3 is 0 Å². The van der Waals surface area contributed by atoms with E-state index in [-0.39, 0.29) is 5.91 Å². The van der Waals surface area contributed by atoms with Gasteiger partial charge in [0.15, 0.2) is 0 Å². The lowest BCUT2D eigenvalue weighted by Gasteiger charge is -2.27. The zero-order valence-corrected chi connectivity index (χ0v) is 13.7. The normalized spacial score (nSPS) is 14.2. The van der Waals surface area contributed by atoms with E-state index in [1.54, 1.807) is 6.07 Å². The van der Waals surface area contributed by atoms with Crippen LogP contribution >= 0.6 is 0 Å². The summed E-state index contributed by atoms with van der Waals surface area (Å²) in [5.74, 6) is 0.720. The van der Waals surface area contributed by atoms with Gasteiger partial charge in [-0.1, -0.05) is 26.0 Å². The van der Waals surface area contributed by atoms with E-state index in [1.807, 2.05) is 35.0 Å². The minimum atomic E-state index is 0.218. The molecule has 0 aliphatic heterocycles. The Kier molecular flexibility index (Phi) is 5.57. The Morgan fingerprint density at radius 2 is 2.14 bits per heavy atom. The van der Waals surface area contributed by atoms with E-state index in [0.29, 0.717) is 30.6 Å². The third kappa shape index (κ3) is 4.85. The highest BCUT2D eigenvalue weighted by atomic mass is 16.2. The van der Waals surface area contributed by atoms with E-state index in [2.05, 4.69) is 19.9 Å². The highest BCUT2D eigenvalue weighted by molar-refractivity contribution is 5.79. The number of benzene rings is 1. The standard InChI is InChI=1S/C18H25N3O/c1-14(2)11-21(17-7-8-17)18(22)13-20(3)12-16-6-4-5-15(9-16)10-19/h4-6,9,14,17H,7-8,11-13H2,1-3H3. The van der Waals surface area contributed by atoms with Crippen LogP contribution in [0, 0.1) is 17.2 Å². The molecule has 1 aromatic rings. The van der Waals surface area contributed by atoms with E-state index in [4.69, 9.17) is 5.26 Å². The topological polar surface area (TPSA) is 47.3 Å². The summed E-state index contributed by atoms with van der Waals surface area (Å²) in [5, 5.41) is 8.94. The fourth-order valence-electron chi connectivity index (χ4n) is 2.66. The van der Waals surface area contributed by atoms with Crippen LogP contribution in [-0.4, -0.2) is 41.9 Å². The third-order valence-electron chi connectivity index (χ3n) is 3.78. The first-order valence-electron chi connectivity index (χ1n) is 7.96. The maximum atomic E-state index is 12.5. The molecule has 0 heterocycles. The molecule has 1 aromatic carbocycles. The molecule has 1 aliphatic rings. The molecule has 1 aliphatic carbocycles. The largest absolute Gasteiger partial charge is 0.338 e. The van der Waals surface area contributed by atoms with Gasteiger partial charge in [0.25, 0.3) is 0 Å². The molecule has 118 valence electrons. The second-order valence-electron chi connectivity index (χ2n) is 6.66. The summed E-state index contributed by atoms with van der Waals surface area (Å²) in [5.41, 5.74) is 1.73. The van der Waals surface area contributed by atoms with Gasteiger partial charge in [-0.05, 0) is 43.5 Å². The molecule has 22 heavy (non-hydrogen) atoms. The predicted octanol–water partition coefficient (Wildman–Crippen LogP) is 2.64. The first-order chi connectivity index (χ1) is 10.5. The Labute approximate surface area is 133 Å². The SMILES string of the molecule is CC(C)CN(C(=O)CN(C)Cc1cccc(C#N)c1)C1CC1. The monoisotopic (exact) mass is 299 g/mol. The van der Waals surface area contributed by atoms with E-state index < -0.39 is 0 Å². The summed E-state index contributed by atoms with van der Waals surface area (Å²) in [4.78, 5) is 16.6. The van der Waals surface area contributed by atoms with Gasteiger partial charge < -0.3 is 4.90 Å². The number of carbonyl (C=O) groups is 1. The summed E-state index contributed by atoms with van der Waals surface area (Å²) < 4.78 is 0. The number of nitriles is 1. The summed E-state index contributed by atoms with van der Waals surface area (Å²) >= 11 is 0. The molecule has 0 bridgehead atoms. The lowest BCUT2D eigenvalue weighted by atomic mass is 10.1. The lowest BCUT2D eigenvalue weighted by Crippen LogP contribution is -2.42. The number of rotatable bonds is 7. The molecule has 0 radical (unpaired) electrons. The van der Waals surface area contributed by atoms with Crippen molar-refractivity contribution in [2.45, 2.75) is 39.3 Å². The first kappa shape index (κ1) is 16.5. The second kappa shape index (κ2) is 7.42. The van der Waals surface area contributed by atoms with Gasteiger partial charge in [0, 0.05) is 19.1 Å². The van der Waals surface area contributed by atoms with Crippen LogP contribution in [0.4, 0.5) is 0 Å². The molecular formula is C18H25N3O. The van der Waals surface area contributed by atoms with Crippen molar-refractivity contribution in [3.05, 3.63) is 35.4 Å². The van der Waals surface area contributed by atoms with Gasteiger partial charge in [0.2, 0.25) is 5.91 Å². The minimum Gasteiger partial charge on any atom is -0.338 e. The zero-order chi connectivity index (χ0) is 16.1. The molecule has 1 amide bonds. The Balaban J connectivity index is 1.91. The van der Waals surface area contributed by atoms with Crippen molar-refractivity contribution in [1.29, 1.82) is 5.26 Å². The third-order valence-corrected chi connectivity index (χ3v) is 3.78. The number of carbonyl (C=O) groups excluding carboxylic acids is 1. The highest BCUT2D eigenvalue weighted by Crippen LogP contribution is 2.27. The van der Waals surface area contributed by atoms with Crippen LogP contribution in [0.3, 0.4) is 0 Å². The van der Waals surface area contributed by atoms with Crippen molar-refractivity contribution in [3.63, 3.8) is 0 Å². The molecule has 1 fully saturated rings. The van der Waals surface area contributed by atoms with Gasteiger partial charge in [-0.2, -0.15) is 5.26 Å². The summed E-state index contributed by atoms with van der Waals surface area (Å²) in [6.45, 7) is 6.27. The Morgan fingerprint density at radius 3 is 2.73 bits per heavy atom. The highest BCUT2D eigenvalue weighted by Gasteiger charge is 2.32.